The maximum Gasteiger partial charge on any atom is 0.408 e. The minimum absolute atomic E-state index is 0. The number of halogens is 1. The highest BCUT2D eigenvalue weighted by atomic mass is 35.5. The van der Waals surface area contributed by atoms with E-state index >= 15 is 0 Å². The Morgan fingerprint density at radius 2 is 0.664 bits per heavy atom. The van der Waals surface area contributed by atoms with Crippen molar-refractivity contribution >= 4 is 101 Å². The molecule has 3 aliphatic rings. The topological polar surface area (TPSA) is 437 Å². The molecule has 0 radical (unpaired) electrons. The molecule has 720 valence electrons. The fraction of sp³-hybridized carbons (Fsp3) is 0.620. The van der Waals surface area contributed by atoms with Crippen LogP contribution in [0.3, 0.4) is 0 Å². The number of aliphatic hydroxyl groups excluding tert-OH is 1. The van der Waals surface area contributed by atoms with Gasteiger partial charge in [-0.1, -0.05) is 105 Å². The Balaban J connectivity index is -0.0000000863. The molecule has 3 saturated carbocycles. The minimum atomic E-state index is -1.10. The van der Waals surface area contributed by atoms with Gasteiger partial charge in [0.15, 0.2) is 0 Å². The number of anilines is 4. The lowest BCUT2D eigenvalue weighted by Gasteiger charge is -2.40. The summed E-state index contributed by atoms with van der Waals surface area (Å²) in [7, 11) is 10.4. The number of rotatable bonds is 24. The van der Waals surface area contributed by atoms with Crippen LogP contribution < -0.4 is 43.4 Å². The molecule has 122 heavy (non-hydrogen) atoms. The molecule has 7 rings (SSSR count). The summed E-state index contributed by atoms with van der Waals surface area (Å²) in [5, 5.41) is 42.6. The van der Waals surface area contributed by atoms with Crippen molar-refractivity contribution in [2.45, 2.75) is 271 Å². The average molecular weight is 1770 g/mol. The molecule has 0 unspecified atom stereocenters. The van der Waals surface area contributed by atoms with Crippen LogP contribution in [-0.4, -0.2) is 177 Å². The molecule has 13 N–H and O–H groups in total. The van der Waals surface area contributed by atoms with Crippen molar-refractivity contribution in [2.75, 3.05) is 71.3 Å². The molecule has 0 bridgehead atoms. The van der Waals surface area contributed by atoms with Crippen LogP contribution in [0.4, 0.5) is 27.5 Å². The van der Waals surface area contributed by atoms with Crippen molar-refractivity contribution < 1.29 is 123 Å². The Labute approximate surface area is 754 Å². The van der Waals surface area contributed by atoms with E-state index in [1.807, 2.05) is 224 Å². The van der Waals surface area contributed by atoms with Crippen molar-refractivity contribution in [3.8, 4) is 0 Å². The zero-order valence-electron chi connectivity index (χ0n) is 91.1. The number of carboxylic acid groups (broad SMARTS) is 2. The van der Waals surface area contributed by atoms with Crippen molar-refractivity contribution in [1.29, 1.82) is 0 Å². The summed E-state index contributed by atoms with van der Waals surface area (Å²) in [6.45, 7) is 38.6. The second-order valence-electron chi connectivity index (χ2n) is 36.5. The maximum atomic E-state index is 13.3. The van der Waals surface area contributed by atoms with E-state index in [0.29, 0.717) is 57.1 Å². The van der Waals surface area contributed by atoms with Gasteiger partial charge in [0.25, 0.3) is 0 Å². The van der Waals surface area contributed by atoms with Crippen LogP contribution in [-0.2, 0) is 107 Å². The molecule has 4 aromatic rings. The second kappa shape index (κ2) is 48.3. The molecule has 0 aromatic heterocycles. The monoisotopic (exact) mass is 1770 g/mol. The quantitative estimate of drug-likeness (QED) is 0.0176. The smallest absolute Gasteiger partial charge is 0.408 e. The fourth-order valence-electron chi connectivity index (χ4n) is 14.3. The number of carbonyl (C=O) groups is 11. The summed E-state index contributed by atoms with van der Waals surface area (Å²) >= 11 is 0. The van der Waals surface area contributed by atoms with E-state index in [4.69, 9.17) is 45.0 Å². The first-order valence-corrected chi connectivity index (χ1v) is 40.1. The molecule has 3 fully saturated rings. The zero-order chi connectivity index (χ0) is 91.6. The summed E-state index contributed by atoms with van der Waals surface area (Å²) in [6, 6.07) is 26.6. The Kier molecular flexibility index (Phi) is 45.3. The summed E-state index contributed by atoms with van der Waals surface area (Å²) in [4.78, 5) is 135. The highest BCUT2D eigenvalue weighted by Gasteiger charge is 2.62. The third-order valence-electron chi connectivity index (χ3n) is 22.7. The van der Waals surface area contributed by atoms with E-state index < -0.39 is 127 Å². The Morgan fingerprint density at radius 1 is 0.410 bits per heavy atom. The van der Waals surface area contributed by atoms with Crippen molar-refractivity contribution in [1.82, 2.24) is 16.0 Å². The standard InChI is InChI=1S/C25H38N2O5.C24H36N2O5.C15H22N2O4.C14H24O4.C11H16N2O2.CH4O.2CH4.ClH.15H/c1-23(2,3)32-22(30)25(6)14-13-18(24(25,4)5)20(28)27-19(21(29)31-8)15-16-9-11-17(26-7)12-10-16;1-22(2,3)31-21(29)24(6)13-12-17(23(24,4)5)19(27)26-18(20(28)30-7)14-15-8-10-16(25)11-9-15;1-15(2,3)21-14(20)17-12(13(18)19)9-10-5-7-11(16-4)8-6-10;1-12(2,3)18-11(17)14(6)8-7-9(10(15)16)13(14,4)5;1-13-9-5-3-8(4-6-9)7-10(12)11(14)15-2;1-2;;;;;;;;;;;;;;;;;;/h9-12,18-19,26H,13-15H2,1-8H3,(H,27,28);8-11,17-18H,12-14,25H2,1-7H3,(H,26,27);5-8,12,16H,9H2,1-4H3,(H,17,20)(H,18,19);9H,7-8H2,1-6H3,(H,15,16);3-6,10,13H,7,12H2,1-2H3;2H,1H3;2*1H4;1H;;;;;;;;;;;;;;;/q;;;;;;;;;15*-1/t18-,19+,25+;17-,18+,24+;12-;9-,14+;10-;;;;;;;;;;;;;;;;;;;/m11010.................../s1/i;;;;;;;;;15*1+1. The normalized spacial score (nSPS) is 20.3. The predicted octanol–water partition coefficient (Wildman–Crippen LogP) is 15.8. The molecule has 3 amide bonds. The number of aliphatic hydroxyl groups is 1. The summed E-state index contributed by atoms with van der Waals surface area (Å²) < 4.78 is 36.3. The van der Waals surface area contributed by atoms with Gasteiger partial charge in [-0.15, -0.1) is 12.4 Å². The highest BCUT2D eigenvalue weighted by molar-refractivity contribution is 5.90. The molecule has 0 aliphatic heterocycles. The van der Waals surface area contributed by atoms with E-state index in [1.54, 1.807) is 40.0 Å². The summed E-state index contributed by atoms with van der Waals surface area (Å²) in [5.41, 5.74) is 11.9. The molecule has 3 aliphatic carbocycles. The lowest BCUT2D eigenvalue weighted by molar-refractivity contribution is -0.175. The van der Waals surface area contributed by atoms with Crippen LogP contribution in [0.2, 0.25) is 0 Å². The molecule has 0 saturated heterocycles. The molecule has 4 aromatic carbocycles. The molecule has 30 heteroatoms. The number of nitrogens with one attached hydrogen (secondary N) is 6. The Hall–Kier alpha value is -9.74. The molecular weight excluding hydrogens is 1590 g/mol. The first kappa shape index (κ1) is 114. The number of carboxylic acids is 2. The van der Waals surface area contributed by atoms with Gasteiger partial charge in [0, 0.05) is 82.1 Å². The number of carbonyl (C=O) groups excluding carboxylic acids is 9. The van der Waals surface area contributed by atoms with Crippen LogP contribution in [0.25, 0.3) is 0 Å². The molecule has 10 atom stereocenters. The number of amides is 3. The first-order valence-electron chi connectivity index (χ1n) is 40.1. The van der Waals surface area contributed by atoms with Gasteiger partial charge in [-0.05, 0) is 236 Å². The van der Waals surface area contributed by atoms with Crippen molar-refractivity contribution in [3.05, 3.63) is 119 Å². The largest absolute Gasteiger partial charge is 1.00 e. The summed E-state index contributed by atoms with van der Waals surface area (Å²) in [5.74, 6) is -6.07. The van der Waals surface area contributed by atoms with Crippen LogP contribution in [0.1, 0.15) is 242 Å². The Bertz CT molecular complexity index is 4080. The Morgan fingerprint density at radius 3 is 0.910 bits per heavy atom. The SMILES string of the molecule is C.C.CC(C)(C)OC(=O)[C@]1(C)CC[C@H](C(=O)O)C1(C)C.CNc1ccc(C[C@H](N)C(=O)OC)cc1.CNc1ccc(C[C@H](NC(=O)OC(C)(C)C)C(=O)O)cc1.CNc1ccc(C[C@H](NC(=O)[C@H]2CC[C@@](C)(C(=O)OC(C)(C)C)C2(C)C)C(=O)OC)cc1.CO.COC(=O)[C@H](Cc1ccc(N)cc1)NC(=O)[C@H]1CC[C@@](C)(C(=O)OC(C)(C)C)C1(C)C.Cl.[2H-].[2H-].[2H-].[2H-].[2H-].[2H-].[2H-].[2H-].[2H-].[2H-].[2H-].[2H-].[2H-].[2H-].[2H-]. The minimum Gasteiger partial charge on any atom is -1.00 e. The van der Waals surface area contributed by atoms with Gasteiger partial charge in [0.1, 0.15) is 46.6 Å². The van der Waals surface area contributed by atoms with Crippen LogP contribution in [0.15, 0.2) is 97.1 Å². The number of alkyl carbamates (subject to hydrolysis) is 1. The number of hydrogen-bond acceptors (Lipinski definition) is 24. The average Bonchev–Trinajstić information content (AvgIpc) is 1.60. The predicted molar refractivity (Wildman–Crippen MR) is 497 cm³/mol. The number of benzene rings is 4. The third-order valence-corrected chi connectivity index (χ3v) is 22.7. The number of ether oxygens (including phenoxy) is 7. The van der Waals surface area contributed by atoms with E-state index in [9.17, 15) is 63.0 Å². The van der Waals surface area contributed by atoms with Gasteiger partial charge in [-0.25, -0.2) is 19.2 Å². The highest BCUT2D eigenvalue weighted by Crippen LogP contribution is 2.59. The lowest BCUT2D eigenvalue weighted by Crippen LogP contribution is -2.51. The number of aliphatic carboxylic acids is 2. The van der Waals surface area contributed by atoms with Crippen molar-refractivity contribution in [2.24, 2.45) is 56.0 Å². The number of methoxy groups -OCH3 is 3. The van der Waals surface area contributed by atoms with E-state index in [2.05, 4.69) is 36.6 Å². The first-order chi connectivity index (χ1) is 54.7. The number of nitrogen functional groups attached to an aromatic ring is 1. The maximum absolute atomic E-state index is 13.3. The lowest BCUT2D eigenvalue weighted by atomic mass is 9.65. The number of hydrogen-bond donors (Lipinski definition) is 11. The van der Waals surface area contributed by atoms with Gasteiger partial charge in [0.05, 0.1) is 43.5 Å². The molecular formula is C92H164ClN8O21-15. The van der Waals surface area contributed by atoms with Gasteiger partial charge < -0.3 is 113 Å². The van der Waals surface area contributed by atoms with Gasteiger partial charge in [-0.3, -0.25) is 33.6 Å². The molecule has 0 heterocycles. The second-order valence-corrected chi connectivity index (χ2v) is 36.5. The van der Waals surface area contributed by atoms with E-state index in [-0.39, 0.29) is 97.2 Å². The number of esters is 6. The molecule has 0 spiro atoms. The number of nitrogens with two attached hydrogens (primary N) is 2. The van der Waals surface area contributed by atoms with Gasteiger partial charge >= 0.3 is 53.8 Å². The van der Waals surface area contributed by atoms with Gasteiger partial charge in [-0.2, -0.15) is 0 Å². The zero-order valence-corrected chi connectivity index (χ0v) is 76.9. The third kappa shape index (κ3) is 33.2. The summed E-state index contributed by atoms with van der Waals surface area (Å²) in [6.07, 6.45) is 3.80. The van der Waals surface area contributed by atoms with Crippen LogP contribution in [0, 0.1) is 50.2 Å². The van der Waals surface area contributed by atoms with Crippen LogP contribution in [0.5, 0.6) is 0 Å². The van der Waals surface area contributed by atoms with Crippen molar-refractivity contribution in [3.63, 3.8) is 0 Å². The van der Waals surface area contributed by atoms with E-state index in [1.165, 1.54) is 21.3 Å². The van der Waals surface area contributed by atoms with Crippen LogP contribution >= 0.6 is 12.4 Å². The van der Waals surface area contributed by atoms with E-state index in [0.717, 1.165) is 46.4 Å². The fourth-order valence-corrected chi connectivity index (χ4v) is 14.3. The molecule has 29 nitrogen and oxygen atoms in total. The van der Waals surface area contributed by atoms with Gasteiger partial charge in [0.2, 0.25) is 11.8 Å².